The smallest absolute Gasteiger partial charge is 0.314 e. The van der Waals surface area contributed by atoms with Crippen LogP contribution in [-0.4, -0.2) is 33.8 Å². The first kappa shape index (κ1) is 11.2. The number of amides is 2. The second-order valence-corrected chi connectivity index (χ2v) is 3.96. The highest BCUT2D eigenvalue weighted by molar-refractivity contribution is 7.89. The molecule has 0 aliphatic carbocycles. The van der Waals surface area contributed by atoms with Crippen LogP contribution in [0.2, 0.25) is 0 Å². The van der Waals surface area contributed by atoms with Crippen LogP contribution in [0, 0.1) is 0 Å². The molecule has 6 nitrogen and oxygen atoms in total. The molecule has 0 unspecified atom stereocenters. The minimum Gasteiger partial charge on any atom is -0.341 e. The molecular weight excluding hydrogens is 182 g/mol. The second-order valence-electron chi connectivity index (χ2n) is 2.23. The number of sulfonamides is 1. The van der Waals surface area contributed by atoms with Crippen molar-refractivity contribution in [1.29, 1.82) is 0 Å². The van der Waals surface area contributed by atoms with E-state index in [1.54, 1.807) is 0 Å². The molecule has 0 aromatic heterocycles. The zero-order chi connectivity index (χ0) is 9.61. The highest BCUT2D eigenvalue weighted by atomic mass is 32.2. The summed E-state index contributed by atoms with van der Waals surface area (Å²) in [4.78, 5) is 10.5. The van der Waals surface area contributed by atoms with Crippen molar-refractivity contribution in [1.82, 2.24) is 10.6 Å². The largest absolute Gasteiger partial charge is 0.341 e. The number of primary sulfonamides is 1. The van der Waals surface area contributed by atoms with Crippen molar-refractivity contribution < 1.29 is 13.2 Å². The van der Waals surface area contributed by atoms with Gasteiger partial charge in [-0.2, -0.15) is 0 Å². The van der Waals surface area contributed by atoms with Gasteiger partial charge in [0.1, 0.15) is 0 Å². The van der Waals surface area contributed by atoms with Gasteiger partial charge in [0, 0.05) is 13.6 Å². The molecule has 0 atom stereocenters. The lowest BCUT2D eigenvalue weighted by atomic mass is 10.5. The predicted molar refractivity (Wildman–Crippen MR) is 45.0 cm³/mol. The third kappa shape index (κ3) is 7.29. The van der Waals surface area contributed by atoms with Gasteiger partial charge in [-0.25, -0.2) is 18.4 Å². The maximum absolute atomic E-state index is 10.5. The van der Waals surface area contributed by atoms with Crippen molar-refractivity contribution >= 4 is 16.1 Å². The number of hydrogen-bond donors (Lipinski definition) is 3. The van der Waals surface area contributed by atoms with Crippen LogP contribution >= 0.6 is 0 Å². The maximum atomic E-state index is 10.5. The summed E-state index contributed by atoms with van der Waals surface area (Å²) in [6.07, 6.45) is 0.326. The van der Waals surface area contributed by atoms with Gasteiger partial charge in [-0.15, -0.1) is 0 Å². The summed E-state index contributed by atoms with van der Waals surface area (Å²) >= 11 is 0. The van der Waals surface area contributed by atoms with E-state index in [1.165, 1.54) is 7.05 Å². The molecule has 0 bridgehead atoms. The first-order valence-corrected chi connectivity index (χ1v) is 5.13. The van der Waals surface area contributed by atoms with Crippen molar-refractivity contribution in [2.45, 2.75) is 6.42 Å². The van der Waals surface area contributed by atoms with Gasteiger partial charge in [-0.1, -0.05) is 0 Å². The number of carbonyl (C=O) groups excluding carboxylic acids is 1. The minimum absolute atomic E-state index is 0.114. The molecular formula is C5H13N3O3S. The summed E-state index contributed by atoms with van der Waals surface area (Å²) in [6.45, 7) is 0.302. The van der Waals surface area contributed by atoms with Gasteiger partial charge in [0.05, 0.1) is 5.75 Å². The number of urea groups is 1. The van der Waals surface area contributed by atoms with Gasteiger partial charge in [0.25, 0.3) is 0 Å². The van der Waals surface area contributed by atoms with E-state index in [9.17, 15) is 13.2 Å². The molecule has 12 heavy (non-hydrogen) atoms. The van der Waals surface area contributed by atoms with E-state index < -0.39 is 10.0 Å². The van der Waals surface area contributed by atoms with Gasteiger partial charge >= 0.3 is 6.03 Å². The Balaban J connectivity index is 3.40. The topological polar surface area (TPSA) is 101 Å². The molecule has 2 amide bonds. The molecule has 0 saturated carbocycles. The Kier molecular flexibility index (Phi) is 4.60. The molecule has 0 fully saturated rings. The average molecular weight is 195 g/mol. The van der Waals surface area contributed by atoms with Crippen molar-refractivity contribution in [3.63, 3.8) is 0 Å². The molecule has 0 spiro atoms. The lowest BCUT2D eigenvalue weighted by Gasteiger charge is -2.02. The standard InChI is InChI=1S/C5H13N3O3S/c1-7-5(9)8-3-2-4-12(6,10)11/h2-4H2,1H3,(H2,6,10,11)(H2,7,8,9). The quantitative estimate of drug-likeness (QED) is 0.480. The summed E-state index contributed by atoms with van der Waals surface area (Å²) in [6, 6.07) is -0.329. The molecule has 0 aliphatic heterocycles. The number of carbonyl (C=O) groups is 1. The third-order valence-electron chi connectivity index (χ3n) is 1.12. The Hall–Kier alpha value is -0.820. The first-order valence-electron chi connectivity index (χ1n) is 3.42. The maximum Gasteiger partial charge on any atom is 0.314 e. The SMILES string of the molecule is CNC(=O)NCCCS(N)(=O)=O. The van der Waals surface area contributed by atoms with Gasteiger partial charge in [0.2, 0.25) is 10.0 Å². The number of nitrogens with two attached hydrogens (primary N) is 1. The molecule has 0 aromatic rings. The highest BCUT2D eigenvalue weighted by Gasteiger charge is 2.01. The van der Waals surface area contributed by atoms with Crippen molar-refractivity contribution in [2.24, 2.45) is 5.14 Å². The Labute approximate surface area is 71.6 Å². The Morgan fingerprint density at radius 2 is 2.08 bits per heavy atom. The van der Waals surface area contributed by atoms with E-state index in [1.807, 2.05) is 0 Å². The normalized spacial score (nSPS) is 10.8. The molecule has 4 N–H and O–H groups in total. The van der Waals surface area contributed by atoms with E-state index in [0.29, 0.717) is 13.0 Å². The predicted octanol–water partition coefficient (Wildman–Crippen LogP) is -1.41. The van der Waals surface area contributed by atoms with Gasteiger partial charge in [-0.3, -0.25) is 0 Å². The fraction of sp³-hybridized carbons (Fsp3) is 0.800. The van der Waals surface area contributed by atoms with E-state index in [-0.39, 0.29) is 11.8 Å². The molecule has 0 rings (SSSR count). The molecule has 0 saturated heterocycles. The van der Waals surface area contributed by atoms with Crippen LogP contribution in [0.5, 0.6) is 0 Å². The zero-order valence-electron chi connectivity index (χ0n) is 6.83. The lowest BCUT2D eigenvalue weighted by molar-refractivity contribution is 0.243. The van der Waals surface area contributed by atoms with Crippen LogP contribution in [0.1, 0.15) is 6.42 Å². The first-order chi connectivity index (χ1) is 5.45. The van der Waals surface area contributed by atoms with Crippen LogP contribution in [0.15, 0.2) is 0 Å². The number of rotatable bonds is 4. The van der Waals surface area contributed by atoms with Gasteiger partial charge in [-0.05, 0) is 6.42 Å². The fourth-order valence-corrected chi connectivity index (χ4v) is 1.11. The summed E-state index contributed by atoms with van der Waals surface area (Å²) in [7, 11) is -1.92. The summed E-state index contributed by atoms with van der Waals surface area (Å²) in [5, 5.41) is 9.50. The Bertz CT molecular complexity index is 236. The van der Waals surface area contributed by atoms with E-state index >= 15 is 0 Å². The fourth-order valence-electron chi connectivity index (χ4n) is 0.564. The van der Waals surface area contributed by atoms with Crippen LogP contribution < -0.4 is 15.8 Å². The average Bonchev–Trinajstić information content (AvgIpc) is 1.96. The van der Waals surface area contributed by atoms with Crippen LogP contribution in [0.4, 0.5) is 4.79 Å². The second kappa shape index (κ2) is 4.94. The van der Waals surface area contributed by atoms with E-state index in [0.717, 1.165) is 0 Å². The number of hydrogen-bond acceptors (Lipinski definition) is 3. The molecule has 0 heterocycles. The van der Waals surface area contributed by atoms with Crippen molar-refractivity contribution in [3.8, 4) is 0 Å². The van der Waals surface area contributed by atoms with Crippen LogP contribution in [0.3, 0.4) is 0 Å². The van der Waals surface area contributed by atoms with Crippen LogP contribution in [-0.2, 0) is 10.0 Å². The van der Waals surface area contributed by atoms with Gasteiger partial charge in [0.15, 0.2) is 0 Å². The summed E-state index contributed by atoms with van der Waals surface area (Å²) < 4.78 is 20.8. The number of nitrogens with one attached hydrogen (secondary N) is 2. The van der Waals surface area contributed by atoms with Crippen molar-refractivity contribution in [3.05, 3.63) is 0 Å². The molecule has 7 heteroatoms. The summed E-state index contributed by atoms with van der Waals surface area (Å²) in [5.74, 6) is -0.114. The molecule has 72 valence electrons. The Morgan fingerprint density at radius 3 is 2.50 bits per heavy atom. The monoisotopic (exact) mass is 195 g/mol. The van der Waals surface area contributed by atoms with E-state index in [4.69, 9.17) is 5.14 Å². The minimum atomic E-state index is -3.40. The lowest BCUT2D eigenvalue weighted by Crippen LogP contribution is -2.34. The molecule has 0 radical (unpaired) electrons. The highest BCUT2D eigenvalue weighted by Crippen LogP contribution is 1.82. The molecule has 0 aromatic carbocycles. The van der Waals surface area contributed by atoms with Gasteiger partial charge < -0.3 is 10.6 Å². The van der Waals surface area contributed by atoms with Crippen LogP contribution in [0.25, 0.3) is 0 Å². The zero-order valence-corrected chi connectivity index (χ0v) is 7.65. The van der Waals surface area contributed by atoms with Crippen molar-refractivity contribution in [2.75, 3.05) is 19.3 Å². The Morgan fingerprint density at radius 1 is 1.50 bits per heavy atom. The third-order valence-corrected chi connectivity index (χ3v) is 1.98. The summed E-state index contributed by atoms with van der Waals surface area (Å²) in [5.41, 5.74) is 0. The van der Waals surface area contributed by atoms with E-state index in [2.05, 4.69) is 10.6 Å². The molecule has 0 aliphatic rings.